The molecule has 23 heavy (non-hydrogen) atoms. The average Bonchev–Trinajstić information content (AvgIpc) is 2.45. The second kappa shape index (κ2) is 10.1. The van der Waals surface area contributed by atoms with Gasteiger partial charge in [0.1, 0.15) is 5.60 Å². The van der Waals surface area contributed by atoms with Crippen LogP contribution >= 0.6 is 0 Å². The van der Waals surface area contributed by atoms with Crippen molar-refractivity contribution in [2.75, 3.05) is 39.3 Å². The van der Waals surface area contributed by atoms with Crippen LogP contribution in [0.1, 0.15) is 47.0 Å². The maximum Gasteiger partial charge on any atom is 0.407 e. The molecule has 1 fully saturated rings. The standard InChI is InChI=1S/C17H35N3O3/c1-14(7-12-21)13-19-15-5-9-20(10-6-15)11-8-18-16(22)23-17(2,3)4/h14-15,19,21H,5-13H2,1-4H3,(H,18,22). The molecule has 0 aromatic heterocycles. The molecule has 6 nitrogen and oxygen atoms in total. The summed E-state index contributed by atoms with van der Waals surface area (Å²) in [5.41, 5.74) is -0.443. The van der Waals surface area contributed by atoms with Gasteiger partial charge in [-0.2, -0.15) is 0 Å². The number of carbonyl (C=O) groups is 1. The van der Waals surface area contributed by atoms with Gasteiger partial charge in [-0.1, -0.05) is 6.92 Å². The van der Waals surface area contributed by atoms with Gasteiger partial charge < -0.3 is 25.4 Å². The minimum absolute atomic E-state index is 0.270. The van der Waals surface area contributed by atoms with Gasteiger partial charge >= 0.3 is 6.09 Å². The third-order valence-corrected chi connectivity index (χ3v) is 4.06. The quantitative estimate of drug-likeness (QED) is 0.630. The molecule has 136 valence electrons. The first-order valence-electron chi connectivity index (χ1n) is 8.83. The molecule has 1 saturated heterocycles. The Balaban J connectivity index is 2.09. The Labute approximate surface area is 141 Å². The van der Waals surface area contributed by atoms with Crippen molar-refractivity contribution in [3.63, 3.8) is 0 Å². The summed E-state index contributed by atoms with van der Waals surface area (Å²) in [6, 6.07) is 0.575. The van der Waals surface area contributed by atoms with E-state index in [-0.39, 0.29) is 12.7 Å². The number of rotatable bonds is 8. The van der Waals surface area contributed by atoms with Crippen molar-refractivity contribution < 1.29 is 14.6 Å². The smallest absolute Gasteiger partial charge is 0.407 e. The number of nitrogens with zero attached hydrogens (tertiary/aromatic N) is 1. The molecule has 1 unspecified atom stereocenters. The summed E-state index contributed by atoms with van der Waals surface area (Å²) in [5, 5.41) is 15.3. The highest BCUT2D eigenvalue weighted by Crippen LogP contribution is 2.11. The van der Waals surface area contributed by atoms with Crippen LogP contribution < -0.4 is 10.6 Å². The SMILES string of the molecule is CC(CCO)CNC1CCN(CCNC(=O)OC(C)(C)C)CC1. The number of nitrogens with one attached hydrogen (secondary N) is 2. The predicted molar refractivity (Wildman–Crippen MR) is 92.6 cm³/mol. The van der Waals surface area contributed by atoms with Crippen LogP contribution in [0.4, 0.5) is 4.79 Å². The molecule has 1 aliphatic rings. The summed E-state index contributed by atoms with van der Waals surface area (Å²) in [6.45, 7) is 12.6. The summed E-state index contributed by atoms with van der Waals surface area (Å²) in [6.07, 6.45) is 2.80. The Bertz CT molecular complexity index is 336. The minimum atomic E-state index is -0.443. The lowest BCUT2D eigenvalue weighted by atomic mass is 10.0. The number of hydrogen-bond acceptors (Lipinski definition) is 5. The molecular weight excluding hydrogens is 294 g/mol. The summed E-state index contributed by atoms with van der Waals surface area (Å²) < 4.78 is 5.22. The largest absolute Gasteiger partial charge is 0.444 e. The molecule has 6 heteroatoms. The number of carbonyl (C=O) groups excluding carboxylic acids is 1. The summed E-state index contributed by atoms with van der Waals surface area (Å²) in [5.74, 6) is 0.524. The Hall–Kier alpha value is -0.850. The molecule has 0 bridgehead atoms. The van der Waals surface area contributed by atoms with Crippen LogP contribution in [0.15, 0.2) is 0 Å². The number of amides is 1. The van der Waals surface area contributed by atoms with Crippen molar-refractivity contribution in [1.29, 1.82) is 0 Å². The van der Waals surface area contributed by atoms with Gasteiger partial charge in [-0.3, -0.25) is 0 Å². The summed E-state index contributed by atoms with van der Waals surface area (Å²) >= 11 is 0. The first-order chi connectivity index (χ1) is 10.8. The monoisotopic (exact) mass is 329 g/mol. The van der Waals surface area contributed by atoms with Gasteiger partial charge in [0.2, 0.25) is 0 Å². The zero-order valence-electron chi connectivity index (χ0n) is 15.2. The van der Waals surface area contributed by atoms with Gasteiger partial charge in [0.25, 0.3) is 0 Å². The van der Waals surface area contributed by atoms with Crippen molar-refractivity contribution in [2.45, 2.75) is 58.6 Å². The molecular formula is C17H35N3O3. The maximum atomic E-state index is 11.6. The van der Waals surface area contributed by atoms with Crippen molar-refractivity contribution in [3.05, 3.63) is 0 Å². The van der Waals surface area contributed by atoms with E-state index in [2.05, 4.69) is 22.5 Å². The van der Waals surface area contributed by atoms with Gasteiger partial charge in [0.15, 0.2) is 0 Å². The molecule has 0 aliphatic carbocycles. The molecule has 0 radical (unpaired) electrons. The van der Waals surface area contributed by atoms with Crippen molar-refractivity contribution in [1.82, 2.24) is 15.5 Å². The Morgan fingerprint density at radius 2 is 2.00 bits per heavy atom. The van der Waals surface area contributed by atoms with E-state index in [1.807, 2.05) is 20.8 Å². The van der Waals surface area contributed by atoms with Crippen LogP contribution in [0, 0.1) is 5.92 Å². The fraction of sp³-hybridized carbons (Fsp3) is 0.941. The molecule has 0 saturated carbocycles. The topological polar surface area (TPSA) is 73.8 Å². The van der Waals surface area contributed by atoms with Crippen molar-refractivity contribution in [2.24, 2.45) is 5.92 Å². The fourth-order valence-electron chi connectivity index (χ4n) is 2.68. The molecule has 1 amide bonds. The van der Waals surface area contributed by atoms with E-state index >= 15 is 0 Å². The highest BCUT2D eigenvalue weighted by atomic mass is 16.6. The van der Waals surface area contributed by atoms with Crippen molar-refractivity contribution in [3.8, 4) is 0 Å². The van der Waals surface area contributed by atoms with Crippen LogP contribution in [0.3, 0.4) is 0 Å². The zero-order valence-corrected chi connectivity index (χ0v) is 15.2. The van der Waals surface area contributed by atoms with Crippen LogP contribution in [-0.2, 0) is 4.74 Å². The number of piperidine rings is 1. The second-order valence-corrected chi connectivity index (χ2v) is 7.57. The number of aliphatic hydroxyl groups is 1. The van der Waals surface area contributed by atoms with Crippen LogP contribution in [0.2, 0.25) is 0 Å². The van der Waals surface area contributed by atoms with E-state index in [1.54, 1.807) is 0 Å². The second-order valence-electron chi connectivity index (χ2n) is 7.57. The Kier molecular flexibility index (Phi) is 8.87. The zero-order chi connectivity index (χ0) is 17.3. The van der Waals surface area contributed by atoms with E-state index in [0.717, 1.165) is 45.4 Å². The summed E-state index contributed by atoms with van der Waals surface area (Å²) in [7, 11) is 0. The van der Waals surface area contributed by atoms with E-state index in [0.29, 0.717) is 18.5 Å². The first-order valence-corrected chi connectivity index (χ1v) is 8.83. The predicted octanol–water partition coefficient (Wildman–Crippen LogP) is 1.58. The lowest BCUT2D eigenvalue weighted by Gasteiger charge is -2.33. The molecule has 1 heterocycles. The molecule has 3 N–H and O–H groups in total. The molecule has 0 aromatic rings. The van der Waals surface area contributed by atoms with Gasteiger partial charge in [0.05, 0.1) is 0 Å². The maximum absolute atomic E-state index is 11.6. The first kappa shape index (κ1) is 20.2. The fourth-order valence-corrected chi connectivity index (χ4v) is 2.68. The molecule has 1 atom stereocenters. The van der Waals surface area contributed by atoms with E-state index in [9.17, 15) is 4.79 Å². The highest BCUT2D eigenvalue weighted by molar-refractivity contribution is 5.67. The summed E-state index contributed by atoms with van der Waals surface area (Å²) in [4.78, 5) is 14.0. The molecule has 0 aromatic carbocycles. The third kappa shape index (κ3) is 9.79. The van der Waals surface area contributed by atoms with Crippen molar-refractivity contribution >= 4 is 6.09 Å². The van der Waals surface area contributed by atoms with Gasteiger partial charge in [-0.15, -0.1) is 0 Å². The van der Waals surface area contributed by atoms with Gasteiger partial charge in [-0.05, 0) is 65.6 Å². The van der Waals surface area contributed by atoms with Crippen LogP contribution in [-0.4, -0.2) is 67.1 Å². The van der Waals surface area contributed by atoms with E-state index < -0.39 is 5.60 Å². The minimum Gasteiger partial charge on any atom is -0.444 e. The molecule has 0 spiro atoms. The lowest BCUT2D eigenvalue weighted by Crippen LogP contribution is -2.46. The van der Waals surface area contributed by atoms with Gasteiger partial charge in [-0.25, -0.2) is 4.79 Å². The Morgan fingerprint density at radius 3 is 2.57 bits per heavy atom. The highest BCUT2D eigenvalue weighted by Gasteiger charge is 2.20. The number of hydrogen-bond donors (Lipinski definition) is 3. The average molecular weight is 329 g/mol. The van der Waals surface area contributed by atoms with Crippen LogP contribution in [0.25, 0.3) is 0 Å². The van der Waals surface area contributed by atoms with E-state index in [1.165, 1.54) is 0 Å². The number of aliphatic hydroxyl groups excluding tert-OH is 1. The molecule has 1 rings (SSSR count). The Morgan fingerprint density at radius 1 is 1.35 bits per heavy atom. The number of ether oxygens (including phenoxy) is 1. The third-order valence-electron chi connectivity index (χ3n) is 4.06. The lowest BCUT2D eigenvalue weighted by molar-refractivity contribution is 0.0519. The number of likely N-dealkylation sites (tertiary alicyclic amines) is 1. The van der Waals surface area contributed by atoms with Crippen LogP contribution in [0.5, 0.6) is 0 Å². The normalized spacial score (nSPS) is 18.7. The number of alkyl carbamates (subject to hydrolysis) is 1. The van der Waals surface area contributed by atoms with E-state index in [4.69, 9.17) is 9.84 Å². The van der Waals surface area contributed by atoms with Gasteiger partial charge in [0, 0.05) is 25.7 Å². The molecule has 1 aliphatic heterocycles.